The minimum atomic E-state index is -0.0161. The number of Topliss-reactive ketones (excluding diaryl/α,β-unsaturated/α-hetero) is 1. The molecule has 3 heteroatoms. The van der Waals surface area contributed by atoms with Crippen LogP contribution < -0.4 is 4.74 Å². The van der Waals surface area contributed by atoms with Crippen LogP contribution in [0.15, 0.2) is 24.3 Å². The molecule has 3 nitrogen and oxygen atoms in total. The van der Waals surface area contributed by atoms with Gasteiger partial charge in [0, 0.05) is 24.5 Å². The Hall–Kier alpha value is -1.35. The zero-order valence-electron chi connectivity index (χ0n) is 14.2. The van der Waals surface area contributed by atoms with Crippen LogP contribution in [0.5, 0.6) is 5.75 Å². The van der Waals surface area contributed by atoms with Crippen molar-refractivity contribution in [3.05, 3.63) is 29.8 Å². The number of benzene rings is 1. The van der Waals surface area contributed by atoms with Crippen LogP contribution in [-0.2, 0) is 0 Å². The molecule has 0 bridgehead atoms. The van der Waals surface area contributed by atoms with E-state index < -0.39 is 0 Å². The third-order valence-corrected chi connectivity index (χ3v) is 3.61. The van der Waals surface area contributed by atoms with Crippen LogP contribution in [0.2, 0.25) is 0 Å². The molecule has 0 fully saturated rings. The van der Waals surface area contributed by atoms with E-state index in [1.807, 2.05) is 38.1 Å². The third-order valence-electron chi connectivity index (χ3n) is 3.61. The van der Waals surface area contributed by atoms with Gasteiger partial charge in [-0.1, -0.05) is 26.0 Å². The Bertz CT molecular complexity index is 444. The highest BCUT2D eigenvalue weighted by atomic mass is 16.5. The molecule has 1 aromatic rings. The van der Waals surface area contributed by atoms with Gasteiger partial charge in [-0.2, -0.15) is 0 Å². The molecule has 0 saturated carbocycles. The summed E-state index contributed by atoms with van der Waals surface area (Å²) in [4.78, 5) is 14.6. The number of nitrogens with zero attached hydrogens (tertiary/aromatic N) is 1. The van der Waals surface area contributed by atoms with Gasteiger partial charge in [0.05, 0.1) is 5.56 Å². The van der Waals surface area contributed by atoms with Crippen molar-refractivity contribution in [1.29, 1.82) is 0 Å². The van der Waals surface area contributed by atoms with Crippen molar-refractivity contribution in [2.45, 2.75) is 53.6 Å². The Morgan fingerprint density at radius 1 is 1.05 bits per heavy atom. The molecule has 0 amide bonds. The van der Waals surface area contributed by atoms with Crippen molar-refractivity contribution in [2.75, 3.05) is 13.2 Å². The lowest BCUT2D eigenvalue weighted by Gasteiger charge is -2.30. The van der Waals surface area contributed by atoms with Gasteiger partial charge >= 0.3 is 0 Å². The van der Waals surface area contributed by atoms with Crippen molar-refractivity contribution in [2.24, 2.45) is 5.92 Å². The van der Waals surface area contributed by atoms with Gasteiger partial charge in [0.2, 0.25) is 0 Å². The number of para-hydroxylation sites is 1. The van der Waals surface area contributed by atoms with Gasteiger partial charge in [-0.15, -0.1) is 0 Å². The minimum absolute atomic E-state index is 0.0161. The zero-order chi connectivity index (χ0) is 16.0. The molecule has 0 spiro atoms. The number of ketones is 1. The summed E-state index contributed by atoms with van der Waals surface area (Å²) in [6, 6.07) is 8.50. The fraction of sp³-hybridized carbons (Fsp3) is 0.611. The van der Waals surface area contributed by atoms with E-state index in [4.69, 9.17) is 4.74 Å². The van der Waals surface area contributed by atoms with Gasteiger partial charge in [0.1, 0.15) is 12.4 Å². The molecule has 0 aliphatic carbocycles. The summed E-state index contributed by atoms with van der Waals surface area (Å²) in [6.07, 6.45) is 0. The van der Waals surface area contributed by atoms with E-state index in [0.29, 0.717) is 30.0 Å². The molecule has 0 saturated heterocycles. The zero-order valence-corrected chi connectivity index (χ0v) is 14.2. The lowest BCUT2D eigenvalue weighted by atomic mass is 10.0. The van der Waals surface area contributed by atoms with E-state index in [9.17, 15) is 4.79 Å². The van der Waals surface area contributed by atoms with Gasteiger partial charge in [-0.25, -0.2) is 0 Å². The van der Waals surface area contributed by atoms with Gasteiger partial charge < -0.3 is 4.74 Å². The number of carbonyl (C=O) groups is 1. The molecule has 0 heterocycles. The van der Waals surface area contributed by atoms with Crippen LogP contribution in [0, 0.1) is 5.92 Å². The molecular formula is C18H29NO2. The van der Waals surface area contributed by atoms with Crippen LogP contribution in [0.25, 0.3) is 0 Å². The van der Waals surface area contributed by atoms with E-state index in [0.717, 1.165) is 6.54 Å². The predicted octanol–water partition coefficient (Wildman–Crippen LogP) is 4.02. The molecule has 0 radical (unpaired) electrons. The molecule has 0 aliphatic rings. The summed E-state index contributed by atoms with van der Waals surface area (Å²) in [7, 11) is 0. The molecule has 0 aliphatic heterocycles. The SMILES string of the molecule is CC(C)C(=O)c1ccccc1OCCN(C(C)C)C(C)C. The summed E-state index contributed by atoms with van der Waals surface area (Å²) in [5.74, 6) is 0.816. The van der Waals surface area contributed by atoms with Gasteiger partial charge in [0.15, 0.2) is 5.78 Å². The first-order chi connectivity index (χ1) is 9.84. The Kier molecular flexibility index (Phi) is 6.90. The summed E-state index contributed by atoms with van der Waals surface area (Å²) in [6.45, 7) is 14.0. The van der Waals surface area contributed by atoms with E-state index in [-0.39, 0.29) is 11.7 Å². The molecular weight excluding hydrogens is 262 g/mol. The van der Waals surface area contributed by atoms with Crippen molar-refractivity contribution in [1.82, 2.24) is 4.90 Å². The maximum absolute atomic E-state index is 12.2. The monoisotopic (exact) mass is 291 g/mol. The highest BCUT2D eigenvalue weighted by Crippen LogP contribution is 2.21. The Morgan fingerprint density at radius 2 is 1.62 bits per heavy atom. The Labute approximate surface area is 129 Å². The van der Waals surface area contributed by atoms with Crippen LogP contribution in [0.1, 0.15) is 51.9 Å². The van der Waals surface area contributed by atoms with Crippen molar-refractivity contribution in [3.63, 3.8) is 0 Å². The number of hydrogen-bond donors (Lipinski definition) is 0. The second-order valence-electron chi connectivity index (χ2n) is 6.29. The number of hydrogen-bond acceptors (Lipinski definition) is 3. The maximum atomic E-state index is 12.2. The first-order valence-corrected chi connectivity index (χ1v) is 7.86. The van der Waals surface area contributed by atoms with Gasteiger partial charge in [-0.05, 0) is 39.8 Å². The van der Waals surface area contributed by atoms with Crippen LogP contribution in [0.4, 0.5) is 0 Å². The summed E-state index contributed by atoms with van der Waals surface area (Å²) >= 11 is 0. The predicted molar refractivity (Wildman–Crippen MR) is 88.1 cm³/mol. The smallest absolute Gasteiger partial charge is 0.169 e. The highest BCUT2D eigenvalue weighted by Gasteiger charge is 2.16. The largest absolute Gasteiger partial charge is 0.491 e. The summed E-state index contributed by atoms with van der Waals surface area (Å²) < 4.78 is 5.88. The normalized spacial score (nSPS) is 11.7. The second kappa shape index (κ2) is 8.18. The first-order valence-electron chi connectivity index (χ1n) is 7.86. The quantitative estimate of drug-likeness (QED) is 0.677. The first kappa shape index (κ1) is 17.7. The van der Waals surface area contributed by atoms with E-state index in [1.165, 1.54) is 0 Å². The number of rotatable bonds is 8. The molecule has 0 unspecified atom stereocenters. The maximum Gasteiger partial charge on any atom is 0.169 e. The fourth-order valence-electron chi connectivity index (χ4n) is 2.48. The second-order valence-corrected chi connectivity index (χ2v) is 6.29. The molecule has 0 N–H and O–H groups in total. The van der Waals surface area contributed by atoms with Crippen LogP contribution in [0.3, 0.4) is 0 Å². The topological polar surface area (TPSA) is 29.5 Å². The van der Waals surface area contributed by atoms with Crippen molar-refractivity contribution < 1.29 is 9.53 Å². The minimum Gasteiger partial charge on any atom is -0.491 e. The summed E-state index contributed by atoms with van der Waals surface area (Å²) in [5, 5.41) is 0. The molecule has 0 aromatic heterocycles. The van der Waals surface area contributed by atoms with Gasteiger partial charge in [0.25, 0.3) is 0 Å². The number of carbonyl (C=O) groups excluding carboxylic acids is 1. The van der Waals surface area contributed by atoms with Crippen molar-refractivity contribution in [3.8, 4) is 5.75 Å². The molecule has 21 heavy (non-hydrogen) atoms. The lowest BCUT2D eigenvalue weighted by Crippen LogP contribution is -2.39. The van der Waals surface area contributed by atoms with Crippen molar-refractivity contribution >= 4 is 5.78 Å². The van der Waals surface area contributed by atoms with E-state index in [2.05, 4.69) is 32.6 Å². The third kappa shape index (κ3) is 5.16. The Balaban J connectivity index is 2.70. The summed E-state index contributed by atoms with van der Waals surface area (Å²) in [5.41, 5.74) is 0.688. The van der Waals surface area contributed by atoms with E-state index >= 15 is 0 Å². The fourth-order valence-corrected chi connectivity index (χ4v) is 2.48. The van der Waals surface area contributed by atoms with E-state index in [1.54, 1.807) is 0 Å². The average molecular weight is 291 g/mol. The Morgan fingerprint density at radius 3 is 2.14 bits per heavy atom. The van der Waals surface area contributed by atoms with Gasteiger partial charge in [-0.3, -0.25) is 9.69 Å². The van der Waals surface area contributed by atoms with Crippen LogP contribution in [-0.4, -0.2) is 35.9 Å². The highest BCUT2D eigenvalue weighted by molar-refractivity contribution is 5.99. The molecule has 118 valence electrons. The number of ether oxygens (including phenoxy) is 1. The average Bonchev–Trinajstić information content (AvgIpc) is 2.42. The van der Waals surface area contributed by atoms with Crippen LogP contribution >= 0.6 is 0 Å². The molecule has 1 rings (SSSR count). The lowest BCUT2D eigenvalue weighted by molar-refractivity contribution is 0.0932. The standard InChI is InChI=1S/C18H29NO2/c1-13(2)18(20)16-9-7-8-10-17(16)21-12-11-19(14(3)4)15(5)6/h7-10,13-15H,11-12H2,1-6H3. The molecule has 0 atom stereocenters. The molecule has 1 aromatic carbocycles.